The van der Waals surface area contributed by atoms with E-state index in [9.17, 15) is 0 Å². The summed E-state index contributed by atoms with van der Waals surface area (Å²) in [5, 5.41) is 0. The SMILES string of the molecule is ClCC1(C(Cl)Cl)[C@@H]2CC(Cl)(Cl)[C@@]1(C(Cl)Cl)CC2(Cl)Cl. The van der Waals surface area contributed by atoms with Gasteiger partial charge in [0.25, 0.3) is 0 Å². The summed E-state index contributed by atoms with van der Waals surface area (Å²) in [6, 6.07) is 0. The van der Waals surface area contributed by atoms with Crippen LogP contribution in [-0.2, 0) is 0 Å². The van der Waals surface area contributed by atoms with Gasteiger partial charge in [-0.05, 0) is 12.8 Å². The molecule has 112 valence electrons. The van der Waals surface area contributed by atoms with E-state index in [1.807, 2.05) is 0 Å². The van der Waals surface area contributed by atoms with E-state index >= 15 is 0 Å². The van der Waals surface area contributed by atoms with Crippen molar-refractivity contribution in [3.63, 3.8) is 0 Å². The largest absolute Gasteiger partial charge is 0.127 e. The molecule has 0 aromatic heterocycles. The van der Waals surface area contributed by atoms with Gasteiger partial charge in [-0.3, -0.25) is 0 Å². The van der Waals surface area contributed by atoms with Crippen molar-refractivity contribution in [2.24, 2.45) is 16.7 Å². The molecule has 0 saturated heterocycles. The second-order valence-corrected chi connectivity index (χ2v) is 10.6. The van der Waals surface area contributed by atoms with E-state index < -0.39 is 35.1 Å². The highest BCUT2D eigenvalue weighted by molar-refractivity contribution is 6.55. The predicted octanol–water partition coefficient (Wildman–Crippen LogP) is 6.58. The maximum absolute atomic E-state index is 6.45. The lowest BCUT2D eigenvalue weighted by atomic mass is 9.69. The van der Waals surface area contributed by atoms with E-state index in [4.69, 9.17) is 104 Å². The molecule has 0 N–H and O–H groups in total. The molecule has 2 fully saturated rings. The smallest absolute Gasteiger partial charge is 0.126 e. The fraction of sp³-hybridized carbons (Fsp3) is 1.00. The molecule has 0 spiro atoms. The van der Waals surface area contributed by atoms with Crippen LogP contribution >= 0.6 is 104 Å². The molecule has 3 atom stereocenters. The van der Waals surface area contributed by atoms with Crippen LogP contribution in [0.1, 0.15) is 12.8 Å². The van der Waals surface area contributed by atoms with Crippen LogP contribution in [0, 0.1) is 16.7 Å². The van der Waals surface area contributed by atoms with Gasteiger partial charge in [0, 0.05) is 22.6 Å². The second-order valence-electron chi connectivity index (χ2n) is 5.15. The van der Waals surface area contributed by atoms with E-state index in [0.717, 1.165) is 0 Å². The molecule has 1 unspecified atom stereocenters. The molecule has 19 heavy (non-hydrogen) atoms. The average Bonchev–Trinajstić information content (AvgIpc) is 2.57. The Labute approximate surface area is 157 Å². The zero-order valence-corrected chi connectivity index (χ0v) is 16.1. The first-order valence-corrected chi connectivity index (χ1v) is 9.17. The fourth-order valence-corrected chi connectivity index (χ4v) is 8.36. The van der Waals surface area contributed by atoms with Gasteiger partial charge in [0.05, 0.1) is 0 Å². The number of alkyl halides is 9. The van der Waals surface area contributed by atoms with Gasteiger partial charge < -0.3 is 0 Å². The third-order valence-electron chi connectivity index (χ3n) is 4.57. The molecule has 0 nitrogen and oxygen atoms in total. The first-order chi connectivity index (χ1) is 8.49. The Morgan fingerprint density at radius 2 is 1.47 bits per heavy atom. The number of fused-ring (bicyclic) bond motifs is 2. The van der Waals surface area contributed by atoms with Crippen LogP contribution in [0.15, 0.2) is 0 Å². The van der Waals surface area contributed by atoms with Gasteiger partial charge >= 0.3 is 0 Å². The Balaban J connectivity index is 2.72. The summed E-state index contributed by atoms with van der Waals surface area (Å²) in [6.45, 7) is 0. The predicted molar refractivity (Wildman–Crippen MR) is 88.2 cm³/mol. The van der Waals surface area contributed by atoms with Gasteiger partial charge in [-0.1, -0.05) is 0 Å². The van der Waals surface area contributed by atoms with Crippen LogP contribution in [0.3, 0.4) is 0 Å². The summed E-state index contributed by atoms with van der Waals surface area (Å²) in [4.78, 5) is -1.85. The number of hydrogen-bond acceptors (Lipinski definition) is 0. The first-order valence-electron chi connectivity index (χ1n) is 5.37. The Morgan fingerprint density at radius 3 is 1.79 bits per heavy atom. The van der Waals surface area contributed by atoms with Crippen molar-refractivity contribution in [1.82, 2.24) is 0 Å². The topological polar surface area (TPSA) is 0 Å². The number of hydrogen-bond donors (Lipinski definition) is 0. The highest BCUT2D eigenvalue weighted by Gasteiger charge is 2.83. The minimum atomic E-state index is -1.24. The van der Waals surface area contributed by atoms with E-state index in [2.05, 4.69) is 0 Å². The lowest BCUT2D eigenvalue weighted by Crippen LogP contribution is -2.53. The van der Waals surface area contributed by atoms with Crippen molar-refractivity contribution in [2.75, 3.05) is 5.88 Å². The molecule has 2 rings (SSSR count). The molecule has 0 aromatic rings. The molecule has 0 heterocycles. The standard InChI is InChI=1S/C10H9Cl9/c11-3-7(5(12)13)4-1-10(18,19)8(7,6(14)15)2-9(4,16)17/h4-6H,1-3H2/t4-,7?,8+/m0/s1. The first kappa shape index (κ1) is 18.0. The van der Waals surface area contributed by atoms with Gasteiger partial charge in [-0.15, -0.1) is 104 Å². The van der Waals surface area contributed by atoms with Crippen molar-refractivity contribution in [3.05, 3.63) is 0 Å². The van der Waals surface area contributed by atoms with E-state index in [1.54, 1.807) is 0 Å². The molecule has 0 aromatic carbocycles. The van der Waals surface area contributed by atoms with Crippen LogP contribution in [-0.4, -0.2) is 24.2 Å². The fourth-order valence-electron chi connectivity index (χ4n) is 3.64. The van der Waals surface area contributed by atoms with Crippen LogP contribution in [0.25, 0.3) is 0 Å². The third kappa shape index (κ3) is 2.08. The Kier molecular flexibility index (Phi) is 5.02. The third-order valence-corrected chi connectivity index (χ3v) is 8.32. The highest BCUT2D eigenvalue weighted by Crippen LogP contribution is 2.82. The quantitative estimate of drug-likeness (QED) is 0.428. The van der Waals surface area contributed by atoms with Crippen LogP contribution in [0.2, 0.25) is 0 Å². The lowest BCUT2D eigenvalue weighted by molar-refractivity contribution is 0.134. The molecule has 2 aliphatic carbocycles. The van der Waals surface area contributed by atoms with E-state index in [0.29, 0.717) is 0 Å². The van der Waals surface area contributed by atoms with Gasteiger partial charge in [0.15, 0.2) is 0 Å². The zero-order valence-electron chi connectivity index (χ0n) is 9.26. The van der Waals surface area contributed by atoms with Crippen LogP contribution in [0.4, 0.5) is 0 Å². The lowest BCUT2D eigenvalue weighted by Gasteiger charge is -2.48. The summed E-state index contributed by atoms with van der Waals surface area (Å²) in [7, 11) is 0. The Morgan fingerprint density at radius 1 is 0.947 bits per heavy atom. The molecular weight excluding hydrogens is 439 g/mol. The minimum Gasteiger partial charge on any atom is -0.126 e. The molecule has 2 bridgehead atoms. The normalized spacial score (nSPS) is 43.4. The molecule has 2 aliphatic rings. The van der Waals surface area contributed by atoms with Crippen molar-refractivity contribution in [2.45, 2.75) is 31.2 Å². The zero-order chi connectivity index (χ0) is 14.9. The molecule has 2 saturated carbocycles. The van der Waals surface area contributed by atoms with Crippen LogP contribution in [0.5, 0.6) is 0 Å². The molecule has 0 radical (unpaired) electrons. The Hall–Kier alpha value is 2.61. The van der Waals surface area contributed by atoms with Crippen LogP contribution < -0.4 is 0 Å². The summed E-state index contributed by atoms with van der Waals surface area (Å²) >= 11 is 56.6. The summed E-state index contributed by atoms with van der Waals surface area (Å²) < 4.78 is -2.36. The van der Waals surface area contributed by atoms with Gasteiger partial charge in [-0.25, -0.2) is 0 Å². The van der Waals surface area contributed by atoms with E-state index in [-0.39, 0.29) is 18.7 Å². The maximum Gasteiger partial charge on any atom is 0.127 e. The molecule has 9 heteroatoms. The number of halogens is 9. The average molecular weight is 448 g/mol. The van der Waals surface area contributed by atoms with E-state index in [1.165, 1.54) is 0 Å². The number of rotatable bonds is 3. The highest BCUT2D eigenvalue weighted by atomic mass is 35.5. The minimum absolute atomic E-state index is 0.0631. The van der Waals surface area contributed by atoms with Gasteiger partial charge in [0.1, 0.15) is 18.3 Å². The van der Waals surface area contributed by atoms with Gasteiger partial charge in [-0.2, -0.15) is 0 Å². The monoisotopic (exact) mass is 444 g/mol. The molecule has 0 aliphatic heterocycles. The van der Waals surface area contributed by atoms with Gasteiger partial charge in [0.2, 0.25) is 0 Å². The summed E-state index contributed by atoms with van der Waals surface area (Å²) in [5.41, 5.74) is -2.02. The molecular formula is C10H9Cl9. The van der Waals surface area contributed by atoms with Crippen molar-refractivity contribution >= 4 is 104 Å². The van der Waals surface area contributed by atoms with Crippen molar-refractivity contribution in [3.8, 4) is 0 Å². The molecule has 0 amide bonds. The van der Waals surface area contributed by atoms with Crippen molar-refractivity contribution in [1.29, 1.82) is 0 Å². The second kappa shape index (κ2) is 5.32. The summed E-state index contributed by atoms with van der Waals surface area (Å²) in [5.74, 6) is -0.330. The summed E-state index contributed by atoms with van der Waals surface area (Å²) in [6.07, 6.45) is 0.461. The maximum atomic E-state index is 6.45. The Bertz CT molecular complexity index is 379. The van der Waals surface area contributed by atoms with Crippen molar-refractivity contribution < 1.29 is 0 Å².